The molecule has 0 fully saturated rings. The van der Waals surface area contributed by atoms with E-state index in [2.05, 4.69) is 0 Å². The third kappa shape index (κ3) is 2.47. The maximum Gasteiger partial charge on any atom is 0.311 e. The molecule has 0 aliphatic carbocycles. The van der Waals surface area contributed by atoms with E-state index in [0.717, 1.165) is 28.0 Å². The van der Waals surface area contributed by atoms with E-state index in [-0.39, 0.29) is 10.8 Å². The van der Waals surface area contributed by atoms with Gasteiger partial charge in [-0.3, -0.25) is 9.36 Å². The van der Waals surface area contributed by atoms with E-state index < -0.39 is 5.54 Å². The number of nitrogens with zero attached hydrogens (tertiary/aromatic N) is 1. The molecule has 0 bridgehead atoms. The van der Waals surface area contributed by atoms with E-state index in [9.17, 15) is 9.90 Å². The van der Waals surface area contributed by atoms with Crippen molar-refractivity contribution in [2.75, 3.05) is 0 Å². The van der Waals surface area contributed by atoms with Crippen LogP contribution in [0.3, 0.4) is 0 Å². The van der Waals surface area contributed by atoms with Crippen molar-refractivity contribution in [1.82, 2.24) is 4.57 Å². The minimum Gasteiger partial charge on any atom is -0.494 e. The topological polar surface area (TPSA) is 42.2 Å². The van der Waals surface area contributed by atoms with Gasteiger partial charge in [0.2, 0.25) is 5.88 Å². The molecule has 0 aliphatic heterocycles. The Labute approximate surface area is 155 Å². The molecule has 0 radical (unpaired) electrons. The van der Waals surface area contributed by atoms with Gasteiger partial charge >= 0.3 is 4.87 Å². The van der Waals surface area contributed by atoms with E-state index in [4.69, 9.17) is 0 Å². The molecule has 0 aliphatic rings. The molecule has 4 aromatic rings. The number of aromatic hydroxyl groups is 1. The summed E-state index contributed by atoms with van der Waals surface area (Å²) in [6.07, 6.45) is 0. The number of hydrogen-bond acceptors (Lipinski definition) is 3. The molecule has 4 rings (SSSR count). The average molecular weight is 359 g/mol. The number of benzene rings is 3. The van der Waals surface area contributed by atoms with Crippen molar-refractivity contribution < 1.29 is 5.11 Å². The van der Waals surface area contributed by atoms with Gasteiger partial charge in [-0.1, -0.05) is 102 Å². The fraction of sp³-hybridized carbons (Fsp3) is 0.0455. The first kappa shape index (κ1) is 16.4. The van der Waals surface area contributed by atoms with Gasteiger partial charge in [-0.25, -0.2) is 0 Å². The number of rotatable bonds is 4. The third-order valence-electron chi connectivity index (χ3n) is 4.59. The molecule has 0 saturated heterocycles. The predicted octanol–water partition coefficient (Wildman–Crippen LogP) is 4.46. The van der Waals surface area contributed by atoms with E-state index >= 15 is 0 Å². The number of thiazole rings is 1. The molecule has 0 saturated carbocycles. The first-order valence-corrected chi connectivity index (χ1v) is 9.19. The van der Waals surface area contributed by atoms with Gasteiger partial charge in [0, 0.05) is 0 Å². The SMILES string of the molecule is O=c1scc(O)n1C(c1ccccc1)(c1ccccc1)c1ccccc1. The van der Waals surface area contributed by atoms with Gasteiger partial charge in [0.1, 0.15) is 5.54 Å². The van der Waals surface area contributed by atoms with Crippen LogP contribution in [0.25, 0.3) is 0 Å². The Morgan fingerprint density at radius 3 is 1.38 bits per heavy atom. The molecule has 128 valence electrons. The van der Waals surface area contributed by atoms with Crippen LogP contribution in [0.15, 0.2) is 101 Å². The second kappa shape index (κ2) is 6.65. The van der Waals surface area contributed by atoms with Crippen LogP contribution in [0.4, 0.5) is 0 Å². The van der Waals surface area contributed by atoms with Crippen LogP contribution in [0.1, 0.15) is 16.7 Å². The maximum absolute atomic E-state index is 12.8. The summed E-state index contributed by atoms with van der Waals surface area (Å²) in [5, 5.41) is 12.1. The van der Waals surface area contributed by atoms with E-state index in [1.807, 2.05) is 91.0 Å². The molecule has 26 heavy (non-hydrogen) atoms. The van der Waals surface area contributed by atoms with Crippen molar-refractivity contribution in [3.8, 4) is 5.88 Å². The standard InChI is InChI=1S/C22H17NO2S/c24-20-16-26-21(25)23(20)22(17-10-4-1-5-11-17,18-12-6-2-7-13-18)19-14-8-3-9-15-19/h1-16,24H. The molecule has 4 heteroatoms. The Bertz CT molecular complexity index is 957. The van der Waals surface area contributed by atoms with Crippen molar-refractivity contribution in [3.05, 3.63) is 123 Å². The molecule has 3 nitrogen and oxygen atoms in total. The third-order valence-corrected chi connectivity index (χ3v) is 5.30. The van der Waals surface area contributed by atoms with Gasteiger partial charge in [0.05, 0.1) is 5.38 Å². The summed E-state index contributed by atoms with van der Waals surface area (Å²) in [4.78, 5) is 12.6. The summed E-state index contributed by atoms with van der Waals surface area (Å²) in [7, 11) is 0. The average Bonchev–Trinajstić information content (AvgIpc) is 3.04. The monoisotopic (exact) mass is 359 g/mol. The Kier molecular flexibility index (Phi) is 4.19. The van der Waals surface area contributed by atoms with Crippen LogP contribution < -0.4 is 4.87 Å². The molecule has 0 atom stereocenters. The van der Waals surface area contributed by atoms with Crippen LogP contribution >= 0.6 is 11.3 Å². The molecular weight excluding hydrogens is 342 g/mol. The zero-order chi connectivity index (χ0) is 18.0. The second-order valence-electron chi connectivity index (χ2n) is 6.00. The predicted molar refractivity (Wildman–Crippen MR) is 105 cm³/mol. The lowest BCUT2D eigenvalue weighted by Crippen LogP contribution is -2.42. The fourth-order valence-electron chi connectivity index (χ4n) is 3.54. The van der Waals surface area contributed by atoms with Gasteiger partial charge in [0.25, 0.3) is 0 Å². The molecule has 1 aromatic heterocycles. The van der Waals surface area contributed by atoms with E-state index in [1.165, 1.54) is 9.95 Å². The normalized spacial score (nSPS) is 11.4. The maximum atomic E-state index is 12.8. The first-order valence-electron chi connectivity index (χ1n) is 8.31. The zero-order valence-corrected chi connectivity index (χ0v) is 14.8. The van der Waals surface area contributed by atoms with Crippen LogP contribution in [0.2, 0.25) is 0 Å². The zero-order valence-electron chi connectivity index (χ0n) is 13.9. The molecule has 0 spiro atoms. The van der Waals surface area contributed by atoms with Gasteiger partial charge in [-0.15, -0.1) is 0 Å². The van der Waals surface area contributed by atoms with Gasteiger partial charge in [-0.2, -0.15) is 0 Å². The van der Waals surface area contributed by atoms with Crippen molar-refractivity contribution >= 4 is 11.3 Å². The van der Waals surface area contributed by atoms with Crippen LogP contribution in [0.5, 0.6) is 5.88 Å². The fourth-order valence-corrected chi connectivity index (χ4v) is 4.18. The molecular formula is C22H17NO2S. The van der Waals surface area contributed by atoms with Crippen molar-refractivity contribution in [2.24, 2.45) is 0 Å². The Balaban J connectivity index is 2.20. The molecule has 0 unspecified atom stereocenters. The summed E-state index contributed by atoms with van der Waals surface area (Å²) in [5.74, 6) is -0.0449. The van der Waals surface area contributed by atoms with Crippen molar-refractivity contribution in [1.29, 1.82) is 0 Å². The highest BCUT2D eigenvalue weighted by Crippen LogP contribution is 2.42. The summed E-state index contributed by atoms with van der Waals surface area (Å²) in [6.45, 7) is 0. The van der Waals surface area contributed by atoms with Gasteiger partial charge in [0.15, 0.2) is 0 Å². The van der Waals surface area contributed by atoms with E-state index in [1.54, 1.807) is 0 Å². The highest BCUT2D eigenvalue weighted by Gasteiger charge is 2.41. The van der Waals surface area contributed by atoms with Crippen LogP contribution in [-0.2, 0) is 5.54 Å². The Morgan fingerprint density at radius 2 is 1.08 bits per heavy atom. The molecule has 0 amide bonds. The summed E-state index contributed by atoms with van der Waals surface area (Å²) < 4.78 is 1.48. The second-order valence-corrected chi connectivity index (χ2v) is 6.82. The summed E-state index contributed by atoms with van der Waals surface area (Å²) in [5.41, 5.74) is 1.78. The number of aromatic nitrogens is 1. The lowest BCUT2D eigenvalue weighted by atomic mass is 9.76. The lowest BCUT2D eigenvalue weighted by Gasteiger charge is -2.37. The largest absolute Gasteiger partial charge is 0.494 e. The van der Waals surface area contributed by atoms with Crippen molar-refractivity contribution in [3.63, 3.8) is 0 Å². The summed E-state index contributed by atoms with van der Waals surface area (Å²) >= 11 is 0.999. The van der Waals surface area contributed by atoms with Crippen molar-refractivity contribution in [2.45, 2.75) is 5.54 Å². The molecule has 1 N–H and O–H groups in total. The first-order chi connectivity index (χ1) is 12.7. The number of hydrogen-bond donors (Lipinski definition) is 1. The highest BCUT2D eigenvalue weighted by molar-refractivity contribution is 7.07. The van der Waals surface area contributed by atoms with Gasteiger partial charge in [-0.05, 0) is 16.7 Å². The summed E-state index contributed by atoms with van der Waals surface area (Å²) in [6, 6.07) is 29.5. The highest BCUT2D eigenvalue weighted by atomic mass is 32.1. The minimum atomic E-state index is -0.953. The molecule has 3 aromatic carbocycles. The molecule has 1 heterocycles. The smallest absolute Gasteiger partial charge is 0.311 e. The Hall–Kier alpha value is -3.11. The van der Waals surface area contributed by atoms with E-state index in [0.29, 0.717) is 0 Å². The van der Waals surface area contributed by atoms with Crippen LogP contribution in [-0.4, -0.2) is 9.67 Å². The minimum absolute atomic E-state index is 0.0449. The van der Waals surface area contributed by atoms with Crippen LogP contribution in [0, 0.1) is 0 Å². The Morgan fingerprint density at radius 1 is 0.692 bits per heavy atom. The lowest BCUT2D eigenvalue weighted by molar-refractivity contribution is 0.373. The quantitative estimate of drug-likeness (QED) is 0.547. The van der Waals surface area contributed by atoms with Gasteiger partial charge < -0.3 is 5.11 Å².